The summed E-state index contributed by atoms with van der Waals surface area (Å²) < 4.78 is 1.85. The number of aromatic nitrogens is 4. The largest absolute Gasteiger partial charge is 0.316 e. The first-order chi connectivity index (χ1) is 11.3. The smallest absolute Gasteiger partial charge is 0.235 e. The molecule has 0 spiro atoms. The molecule has 1 aliphatic rings. The second kappa shape index (κ2) is 7.57. The first-order valence-electron chi connectivity index (χ1n) is 7.46. The van der Waals surface area contributed by atoms with E-state index in [-0.39, 0.29) is 11.7 Å². The van der Waals surface area contributed by atoms with Crippen LogP contribution in [0.3, 0.4) is 0 Å². The Bertz CT molecular complexity index is 713. The number of hydrogen-bond donors (Lipinski definition) is 1. The maximum absolute atomic E-state index is 12.0. The lowest BCUT2D eigenvalue weighted by molar-refractivity contribution is -0.113. The summed E-state index contributed by atoms with van der Waals surface area (Å²) in [6.07, 6.45) is 5.84. The molecule has 0 unspecified atom stereocenters. The Hall–Kier alpha value is -1.92. The van der Waals surface area contributed by atoms with Gasteiger partial charge in [0.1, 0.15) is 11.1 Å². The summed E-state index contributed by atoms with van der Waals surface area (Å²) in [6.45, 7) is 0. The number of nitrogens with zero attached hydrogens (tertiary/aromatic N) is 5. The molecule has 3 rings (SSSR count). The van der Waals surface area contributed by atoms with Crippen LogP contribution in [0.15, 0.2) is 16.6 Å². The van der Waals surface area contributed by atoms with Crippen molar-refractivity contribution >= 4 is 34.0 Å². The topological polar surface area (TPSA) is 96.5 Å². The van der Waals surface area contributed by atoms with Crippen molar-refractivity contribution in [2.75, 3.05) is 11.1 Å². The zero-order valence-electron chi connectivity index (χ0n) is 12.4. The van der Waals surface area contributed by atoms with Crippen molar-refractivity contribution in [1.82, 2.24) is 20.2 Å². The van der Waals surface area contributed by atoms with Gasteiger partial charge in [0.05, 0.1) is 17.4 Å². The van der Waals surface area contributed by atoms with Crippen LogP contribution in [-0.4, -0.2) is 31.9 Å². The van der Waals surface area contributed by atoms with Gasteiger partial charge >= 0.3 is 0 Å². The Morgan fingerprint density at radius 2 is 2.30 bits per heavy atom. The highest BCUT2D eigenvalue weighted by Crippen LogP contribution is 2.30. The highest BCUT2D eigenvalue weighted by atomic mass is 32.2. The van der Waals surface area contributed by atoms with Gasteiger partial charge in [0.2, 0.25) is 11.1 Å². The van der Waals surface area contributed by atoms with Gasteiger partial charge in [-0.15, -0.1) is 16.4 Å². The molecule has 120 valence electrons. The number of tetrazole rings is 1. The number of rotatable bonds is 5. The molecule has 0 bridgehead atoms. The number of nitrogens with one attached hydrogen (secondary N) is 1. The lowest BCUT2D eigenvalue weighted by Gasteiger charge is -2.21. The molecule has 0 aliphatic heterocycles. The standard InChI is InChI=1S/C14H16N6OS2/c15-8-10-6-7-22-13(10)16-12(21)9-23-14-17-18-19-20(14)11-4-2-1-3-5-11/h6-7,11H,1-5,9H2,(H,16,21). The third-order valence-electron chi connectivity index (χ3n) is 3.75. The Kier molecular flexibility index (Phi) is 5.25. The average Bonchev–Trinajstić information content (AvgIpc) is 3.22. The van der Waals surface area contributed by atoms with Crippen LogP contribution in [0.2, 0.25) is 0 Å². The van der Waals surface area contributed by atoms with Crippen LogP contribution in [0.4, 0.5) is 5.00 Å². The fourth-order valence-corrected chi connectivity index (χ4v) is 4.12. The van der Waals surface area contributed by atoms with Crippen molar-refractivity contribution in [2.45, 2.75) is 43.3 Å². The van der Waals surface area contributed by atoms with Crippen LogP contribution >= 0.6 is 23.1 Å². The van der Waals surface area contributed by atoms with Crippen LogP contribution < -0.4 is 5.32 Å². The van der Waals surface area contributed by atoms with E-state index in [0.717, 1.165) is 12.8 Å². The SMILES string of the molecule is N#Cc1ccsc1NC(=O)CSc1nnnn1C1CCCCC1. The van der Waals surface area contributed by atoms with Gasteiger partial charge in [-0.2, -0.15) is 5.26 Å². The molecule has 0 atom stereocenters. The van der Waals surface area contributed by atoms with Gasteiger partial charge in [-0.3, -0.25) is 4.79 Å². The van der Waals surface area contributed by atoms with E-state index in [0.29, 0.717) is 21.8 Å². The fourth-order valence-electron chi connectivity index (χ4n) is 2.62. The van der Waals surface area contributed by atoms with Crippen LogP contribution in [0, 0.1) is 11.3 Å². The molecular weight excluding hydrogens is 332 g/mol. The van der Waals surface area contributed by atoms with Gasteiger partial charge in [-0.25, -0.2) is 4.68 Å². The minimum Gasteiger partial charge on any atom is -0.316 e. The van der Waals surface area contributed by atoms with Gasteiger partial charge in [-0.05, 0) is 34.7 Å². The molecular formula is C14H16N6OS2. The molecule has 2 heterocycles. The number of nitriles is 1. The van der Waals surface area contributed by atoms with E-state index in [2.05, 4.69) is 26.9 Å². The van der Waals surface area contributed by atoms with E-state index in [1.807, 2.05) is 4.68 Å². The van der Waals surface area contributed by atoms with Crippen LogP contribution in [0.5, 0.6) is 0 Å². The van der Waals surface area contributed by atoms with Gasteiger partial charge in [0, 0.05) is 0 Å². The second-order valence-corrected chi connectivity index (χ2v) is 7.17. The third kappa shape index (κ3) is 3.89. The van der Waals surface area contributed by atoms with Gasteiger partial charge in [0.15, 0.2) is 0 Å². The molecule has 1 saturated carbocycles. The fraction of sp³-hybridized carbons (Fsp3) is 0.500. The Morgan fingerprint density at radius 1 is 1.48 bits per heavy atom. The molecule has 23 heavy (non-hydrogen) atoms. The lowest BCUT2D eigenvalue weighted by Crippen LogP contribution is -2.17. The molecule has 0 radical (unpaired) electrons. The predicted octanol–water partition coefficient (Wildman–Crippen LogP) is 2.84. The Labute approximate surface area is 142 Å². The zero-order valence-corrected chi connectivity index (χ0v) is 14.1. The van der Waals surface area contributed by atoms with E-state index >= 15 is 0 Å². The molecule has 0 saturated heterocycles. The molecule has 0 aromatic carbocycles. The molecule has 1 fully saturated rings. The number of amides is 1. The first kappa shape index (κ1) is 16.0. The number of thiophene rings is 1. The van der Waals surface area contributed by atoms with Crippen molar-refractivity contribution in [3.63, 3.8) is 0 Å². The molecule has 9 heteroatoms. The summed E-state index contributed by atoms with van der Waals surface area (Å²) in [5, 5.41) is 26.6. The minimum atomic E-state index is -0.160. The molecule has 2 aromatic heterocycles. The first-order valence-corrected chi connectivity index (χ1v) is 9.32. The number of thioether (sulfide) groups is 1. The second-order valence-electron chi connectivity index (χ2n) is 5.31. The van der Waals surface area contributed by atoms with Crippen molar-refractivity contribution in [1.29, 1.82) is 5.26 Å². The maximum Gasteiger partial charge on any atom is 0.235 e. The summed E-state index contributed by atoms with van der Waals surface area (Å²) in [7, 11) is 0. The highest BCUT2D eigenvalue weighted by molar-refractivity contribution is 7.99. The third-order valence-corrected chi connectivity index (χ3v) is 5.52. The van der Waals surface area contributed by atoms with E-state index < -0.39 is 0 Å². The maximum atomic E-state index is 12.0. The van der Waals surface area contributed by atoms with Crippen LogP contribution in [0.25, 0.3) is 0 Å². The normalized spacial score (nSPS) is 15.3. The molecule has 1 amide bonds. The summed E-state index contributed by atoms with van der Waals surface area (Å²) in [5.74, 6) is 0.0581. The summed E-state index contributed by atoms with van der Waals surface area (Å²) in [6, 6.07) is 4.09. The van der Waals surface area contributed by atoms with Crippen molar-refractivity contribution in [3.8, 4) is 6.07 Å². The summed E-state index contributed by atoms with van der Waals surface area (Å²) in [5.41, 5.74) is 0.486. The van der Waals surface area contributed by atoms with Crippen molar-refractivity contribution < 1.29 is 4.79 Å². The number of carbonyl (C=O) groups is 1. The van der Waals surface area contributed by atoms with Gasteiger partial charge in [0.25, 0.3) is 0 Å². The number of carbonyl (C=O) groups excluding carboxylic acids is 1. The van der Waals surface area contributed by atoms with E-state index in [1.165, 1.54) is 42.4 Å². The zero-order chi connectivity index (χ0) is 16.1. The molecule has 7 nitrogen and oxygen atoms in total. The Morgan fingerprint density at radius 3 is 3.09 bits per heavy atom. The molecule has 1 aliphatic carbocycles. The number of anilines is 1. The average molecular weight is 348 g/mol. The van der Waals surface area contributed by atoms with Crippen molar-refractivity contribution in [2.24, 2.45) is 0 Å². The predicted molar refractivity (Wildman–Crippen MR) is 88.3 cm³/mol. The van der Waals surface area contributed by atoms with Gasteiger partial charge in [-0.1, -0.05) is 31.0 Å². The summed E-state index contributed by atoms with van der Waals surface area (Å²) in [4.78, 5) is 12.0. The van der Waals surface area contributed by atoms with Crippen LogP contribution in [-0.2, 0) is 4.79 Å². The van der Waals surface area contributed by atoms with E-state index in [1.54, 1.807) is 11.4 Å². The molecule has 2 aromatic rings. The van der Waals surface area contributed by atoms with Crippen molar-refractivity contribution in [3.05, 3.63) is 17.0 Å². The number of hydrogen-bond acceptors (Lipinski definition) is 7. The molecule has 1 N–H and O–H groups in total. The quantitative estimate of drug-likeness (QED) is 0.835. The van der Waals surface area contributed by atoms with E-state index in [9.17, 15) is 4.79 Å². The lowest BCUT2D eigenvalue weighted by atomic mass is 9.96. The summed E-state index contributed by atoms with van der Waals surface area (Å²) >= 11 is 2.67. The highest BCUT2D eigenvalue weighted by Gasteiger charge is 2.21. The monoisotopic (exact) mass is 348 g/mol. The van der Waals surface area contributed by atoms with Crippen LogP contribution in [0.1, 0.15) is 43.7 Å². The van der Waals surface area contributed by atoms with E-state index in [4.69, 9.17) is 5.26 Å². The Balaban J connectivity index is 1.57. The minimum absolute atomic E-state index is 0.160. The van der Waals surface area contributed by atoms with Gasteiger partial charge < -0.3 is 5.32 Å².